The fourth-order valence-electron chi connectivity index (χ4n) is 2.60. The molecule has 0 aliphatic heterocycles. The molecule has 0 bridgehead atoms. The third kappa shape index (κ3) is 4.85. The van der Waals surface area contributed by atoms with Crippen LogP contribution < -0.4 is 10.1 Å². The molecule has 1 amide bonds. The number of rotatable bonds is 4. The van der Waals surface area contributed by atoms with E-state index >= 15 is 0 Å². The molecule has 122 valence electrons. The Labute approximate surface area is 138 Å². The Morgan fingerprint density at radius 1 is 1.04 bits per heavy atom. The minimum Gasteiger partial charge on any atom is -0.483 e. The predicted molar refractivity (Wildman–Crippen MR) is 95.2 cm³/mol. The van der Waals surface area contributed by atoms with Crippen molar-refractivity contribution in [2.45, 2.75) is 40.0 Å². The van der Waals surface area contributed by atoms with E-state index in [0.29, 0.717) is 0 Å². The van der Waals surface area contributed by atoms with Crippen LogP contribution in [-0.4, -0.2) is 12.5 Å². The van der Waals surface area contributed by atoms with Gasteiger partial charge in [-0.2, -0.15) is 0 Å². The van der Waals surface area contributed by atoms with Crippen LogP contribution in [0.3, 0.4) is 0 Å². The van der Waals surface area contributed by atoms with Crippen LogP contribution in [0.2, 0.25) is 0 Å². The highest BCUT2D eigenvalue weighted by molar-refractivity contribution is 5.92. The highest BCUT2D eigenvalue weighted by Gasteiger charge is 2.18. The molecule has 0 heterocycles. The first-order valence-corrected chi connectivity index (χ1v) is 7.86. The number of carbonyl (C=O) groups excluding carboxylic acids is 1. The summed E-state index contributed by atoms with van der Waals surface area (Å²) in [6.07, 6.45) is 0. The van der Waals surface area contributed by atoms with Gasteiger partial charge in [-0.05, 0) is 54.2 Å². The summed E-state index contributed by atoms with van der Waals surface area (Å²) in [5, 5.41) is 2.89. The minimum atomic E-state index is -0.154. The van der Waals surface area contributed by atoms with E-state index in [-0.39, 0.29) is 17.9 Å². The largest absolute Gasteiger partial charge is 0.483 e. The summed E-state index contributed by atoms with van der Waals surface area (Å²) < 4.78 is 5.75. The van der Waals surface area contributed by atoms with Gasteiger partial charge in [0.05, 0.1) is 0 Å². The number of anilines is 1. The van der Waals surface area contributed by atoms with Crippen molar-refractivity contribution >= 4 is 11.6 Å². The van der Waals surface area contributed by atoms with E-state index in [1.54, 1.807) is 0 Å². The first-order valence-electron chi connectivity index (χ1n) is 7.86. The number of hydrogen-bond donors (Lipinski definition) is 1. The number of aryl methyl sites for hydroxylation is 2. The summed E-state index contributed by atoms with van der Waals surface area (Å²) in [6.45, 7) is 10.4. The van der Waals surface area contributed by atoms with E-state index in [1.807, 2.05) is 50.2 Å². The smallest absolute Gasteiger partial charge is 0.262 e. The molecule has 2 aromatic carbocycles. The van der Waals surface area contributed by atoms with Crippen LogP contribution in [0, 0.1) is 13.8 Å². The normalized spacial score (nSPS) is 11.2. The number of nitrogens with one attached hydrogen (secondary N) is 1. The molecule has 3 heteroatoms. The van der Waals surface area contributed by atoms with Crippen molar-refractivity contribution in [2.75, 3.05) is 11.9 Å². The SMILES string of the molecule is Cc1cc(C)cc(NC(=O)COc2ccccc2C(C)(C)C)c1. The molecule has 0 atom stereocenters. The van der Waals surface area contributed by atoms with Gasteiger partial charge in [0.15, 0.2) is 6.61 Å². The molecule has 1 N–H and O–H groups in total. The van der Waals surface area contributed by atoms with E-state index in [0.717, 1.165) is 28.1 Å². The maximum Gasteiger partial charge on any atom is 0.262 e. The highest BCUT2D eigenvalue weighted by atomic mass is 16.5. The van der Waals surface area contributed by atoms with Crippen molar-refractivity contribution < 1.29 is 9.53 Å². The molecule has 0 aliphatic carbocycles. The molecule has 2 aromatic rings. The number of carbonyl (C=O) groups is 1. The maximum absolute atomic E-state index is 12.1. The van der Waals surface area contributed by atoms with E-state index in [1.165, 1.54) is 0 Å². The van der Waals surface area contributed by atoms with Gasteiger partial charge in [0.2, 0.25) is 0 Å². The van der Waals surface area contributed by atoms with Crippen molar-refractivity contribution in [1.29, 1.82) is 0 Å². The van der Waals surface area contributed by atoms with Gasteiger partial charge in [-0.25, -0.2) is 0 Å². The van der Waals surface area contributed by atoms with Crippen LogP contribution >= 0.6 is 0 Å². The zero-order chi connectivity index (χ0) is 17.0. The van der Waals surface area contributed by atoms with E-state index in [9.17, 15) is 4.79 Å². The molecular weight excluding hydrogens is 286 g/mol. The van der Waals surface area contributed by atoms with E-state index in [2.05, 4.69) is 32.2 Å². The molecule has 0 unspecified atom stereocenters. The predicted octanol–water partition coefficient (Wildman–Crippen LogP) is 4.62. The number of amides is 1. The lowest BCUT2D eigenvalue weighted by Gasteiger charge is -2.22. The van der Waals surface area contributed by atoms with E-state index in [4.69, 9.17) is 4.74 Å². The summed E-state index contributed by atoms with van der Waals surface area (Å²) in [7, 11) is 0. The zero-order valence-electron chi connectivity index (χ0n) is 14.6. The number of para-hydroxylation sites is 1. The summed E-state index contributed by atoms with van der Waals surface area (Å²) in [5.74, 6) is 0.606. The third-order valence-corrected chi connectivity index (χ3v) is 3.56. The Kier molecular flexibility index (Phi) is 5.09. The van der Waals surface area contributed by atoms with Crippen molar-refractivity contribution in [3.05, 3.63) is 59.2 Å². The monoisotopic (exact) mass is 311 g/mol. The Balaban J connectivity index is 2.03. The van der Waals surface area contributed by atoms with Gasteiger partial charge in [-0.15, -0.1) is 0 Å². The average molecular weight is 311 g/mol. The van der Waals surface area contributed by atoms with Crippen LogP contribution in [-0.2, 0) is 10.2 Å². The second kappa shape index (κ2) is 6.86. The van der Waals surface area contributed by atoms with E-state index < -0.39 is 0 Å². The van der Waals surface area contributed by atoms with Gasteiger partial charge in [0.1, 0.15) is 5.75 Å². The van der Waals surface area contributed by atoms with Crippen LogP contribution in [0.4, 0.5) is 5.69 Å². The lowest BCUT2D eigenvalue weighted by molar-refractivity contribution is -0.118. The molecule has 0 radical (unpaired) electrons. The number of benzene rings is 2. The van der Waals surface area contributed by atoms with Crippen LogP contribution in [0.15, 0.2) is 42.5 Å². The lowest BCUT2D eigenvalue weighted by Crippen LogP contribution is -2.22. The Bertz CT molecular complexity index is 679. The quantitative estimate of drug-likeness (QED) is 0.895. The molecule has 2 rings (SSSR count). The summed E-state index contributed by atoms with van der Waals surface area (Å²) in [4.78, 5) is 12.1. The molecule has 0 saturated carbocycles. The molecule has 0 saturated heterocycles. The highest BCUT2D eigenvalue weighted by Crippen LogP contribution is 2.30. The first kappa shape index (κ1) is 17.1. The summed E-state index contributed by atoms with van der Waals surface area (Å²) in [5.41, 5.74) is 4.12. The fourth-order valence-corrected chi connectivity index (χ4v) is 2.60. The Morgan fingerprint density at radius 3 is 2.26 bits per heavy atom. The molecular formula is C20H25NO2. The topological polar surface area (TPSA) is 38.3 Å². The van der Waals surface area contributed by atoms with Crippen molar-refractivity contribution in [2.24, 2.45) is 0 Å². The van der Waals surface area contributed by atoms with Crippen LogP contribution in [0.25, 0.3) is 0 Å². The first-order chi connectivity index (χ1) is 10.8. The minimum absolute atomic E-state index is 0.0000822. The zero-order valence-corrected chi connectivity index (χ0v) is 14.6. The molecule has 0 spiro atoms. The Morgan fingerprint density at radius 2 is 1.65 bits per heavy atom. The molecule has 0 fully saturated rings. The fraction of sp³-hybridized carbons (Fsp3) is 0.350. The van der Waals surface area contributed by atoms with Gasteiger partial charge >= 0.3 is 0 Å². The standard InChI is InChI=1S/C20H25NO2/c1-14-10-15(2)12-16(11-14)21-19(22)13-23-18-9-7-6-8-17(18)20(3,4)5/h6-12H,13H2,1-5H3,(H,21,22). The van der Waals surface area contributed by atoms with Gasteiger partial charge in [-0.3, -0.25) is 4.79 Å². The molecule has 23 heavy (non-hydrogen) atoms. The second-order valence-electron chi connectivity index (χ2n) is 6.96. The number of ether oxygens (including phenoxy) is 1. The number of hydrogen-bond acceptors (Lipinski definition) is 2. The lowest BCUT2D eigenvalue weighted by atomic mass is 9.86. The molecule has 0 aliphatic rings. The van der Waals surface area contributed by atoms with Crippen LogP contribution in [0.5, 0.6) is 5.75 Å². The van der Waals surface area contributed by atoms with Gasteiger partial charge in [0, 0.05) is 5.69 Å². The molecule has 0 aromatic heterocycles. The second-order valence-corrected chi connectivity index (χ2v) is 6.96. The molecule has 3 nitrogen and oxygen atoms in total. The third-order valence-electron chi connectivity index (χ3n) is 3.56. The van der Waals surface area contributed by atoms with Gasteiger partial charge < -0.3 is 10.1 Å². The van der Waals surface area contributed by atoms with Crippen molar-refractivity contribution in [3.8, 4) is 5.75 Å². The maximum atomic E-state index is 12.1. The van der Waals surface area contributed by atoms with Crippen molar-refractivity contribution in [1.82, 2.24) is 0 Å². The van der Waals surface area contributed by atoms with Crippen molar-refractivity contribution in [3.63, 3.8) is 0 Å². The average Bonchev–Trinajstić information content (AvgIpc) is 2.43. The van der Waals surface area contributed by atoms with Gasteiger partial charge in [0.25, 0.3) is 5.91 Å². The summed E-state index contributed by atoms with van der Waals surface area (Å²) in [6, 6.07) is 13.8. The summed E-state index contributed by atoms with van der Waals surface area (Å²) >= 11 is 0. The van der Waals surface area contributed by atoms with Crippen LogP contribution in [0.1, 0.15) is 37.5 Å². The van der Waals surface area contributed by atoms with Gasteiger partial charge in [-0.1, -0.05) is 45.0 Å². The Hall–Kier alpha value is -2.29.